The van der Waals surface area contributed by atoms with E-state index in [9.17, 15) is 4.79 Å². The number of nitrogens with zero attached hydrogens (tertiary/aromatic N) is 2. The van der Waals surface area contributed by atoms with Crippen molar-refractivity contribution >= 4 is 5.97 Å². The number of likely N-dealkylation sites (N-methyl/N-ethyl adjacent to an activating group) is 1. The van der Waals surface area contributed by atoms with Crippen molar-refractivity contribution in [1.29, 1.82) is 0 Å². The lowest BCUT2D eigenvalue weighted by Gasteiger charge is -2.18. The summed E-state index contributed by atoms with van der Waals surface area (Å²) in [4.78, 5) is 14.9. The van der Waals surface area contributed by atoms with Crippen LogP contribution in [-0.4, -0.2) is 73.7 Å². The molecule has 88 valence electrons. The molecule has 1 unspecified atom stereocenters. The van der Waals surface area contributed by atoms with Crippen molar-refractivity contribution in [3.63, 3.8) is 0 Å². The van der Waals surface area contributed by atoms with Crippen molar-refractivity contribution < 1.29 is 9.90 Å². The maximum absolute atomic E-state index is 10.4. The summed E-state index contributed by atoms with van der Waals surface area (Å²) in [6.07, 6.45) is 1.06. The fraction of sp³-hybridized carbons (Fsp3) is 0.900. The van der Waals surface area contributed by atoms with E-state index >= 15 is 0 Å². The van der Waals surface area contributed by atoms with Gasteiger partial charge in [0.15, 0.2) is 0 Å². The van der Waals surface area contributed by atoms with E-state index in [-0.39, 0.29) is 6.54 Å². The largest absolute Gasteiger partial charge is 0.480 e. The Balaban J connectivity index is 2.12. The van der Waals surface area contributed by atoms with Gasteiger partial charge in [-0.25, -0.2) is 0 Å². The Hall–Kier alpha value is -0.650. The van der Waals surface area contributed by atoms with Gasteiger partial charge in [-0.3, -0.25) is 4.79 Å². The van der Waals surface area contributed by atoms with E-state index in [1.54, 1.807) is 0 Å². The predicted molar refractivity (Wildman–Crippen MR) is 59.0 cm³/mol. The second-order valence-electron chi connectivity index (χ2n) is 4.36. The lowest BCUT2D eigenvalue weighted by Crippen LogP contribution is -2.37. The molecule has 0 bridgehead atoms. The van der Waals surface area contributed by atoms with E-state index in [0.29, 0.717) is 6.04 Å². The lowest BCUT2D eigenvalue weighted by molar-refractivity contribution is -0.136. The lowest BCUT2D eigenvalue weighted by atomic mass is 10.2. The van der Waals surface area contributed by atoms with Gasteiger partial charge in [0.2, 0.25) is 0 Å². The van der Waals surface area contributed by atoms with E-state index in [2.05, 4.69) is 29.2 Å². The summed E-state index contributed by atoms with van der Waals surface area (Å²) < 4.78 is 0. The fourth-order valence-corrected chi connectivity index (χ4v) is 1.78. The topological polar surface area (TPSA) is 55.8 Å². The number of nitrogens with one attached hydrogen (secondary N) is 1. The third-order valence-corrected chi connectivity index (χ3v) is 2.68. The summed E-state index contributed by atoms with van der Waals surface area (Å²) >= 11 is 0. The van der Waals surface area contributed by atoms with Gasteiger partial charge < -0.3 is 20.2 Å². The molecule has 15 heavy (non-hydrogen) atoms. The Labute approximate surface area is 91.0 Å². The molecule has 0 aromatic carbocycles. The highest BCUT2D eigenvalue weighted by molar-refractivity contribution is 5.69. The molecule has 0 amide bonds. The van der Waals surface area contributed by atoms with Crippen LogP contribution in [0.15, 0.2) is 0 Å². The van der Waals surface area contributed by atoms with Crippen LogP contribution >= 0.6 is 0 Å². The summed E-state index contributed by atoms with van der Waals surface area (Å²) in [6.45, 7) is 4.25. The highest BCUT2D eigenvalue weighted by Gasteiger charge is 2.21. The first-order chi connectivity index (χ1) is 7.08. The average molecular weight is 215 g/mol. The zero-order chi connectivity index (χ0) is 11.3. The Morgan fingerprint density at radius 1 is 1.60 bits per heavy atom. The fourth-order valence-electron chi connectivity index (χ4n) is 1.78. The second-order valence-corrected chi connectivity index (χ2v) is 4.36. The van der Waals surface area contributed by atoms with Crippen LogP contribution in [0.4, 0.5) is 0 Å². The van der Waals surface area contributed by atoms with E-state index in [1.165, 1.54) is 0 Å². The molecule has 1 aliphatic heterocycles. The SMILES string of the molecule is CN(C)CCN1CCC(NCC(=O)O)C1. The third-order valence-electron chi connectivity index (χ3n) is 2.68. The first kappa shape index (κ1) is 12.4. The molecule has 0 spiro atoms. The van der Waals surface area contributed by atoms with Gasteiger partial charge in [0, 0.05) is 25.7 Å². The van der Waals surface area contributed by atoms with Gasteiger partial charge in [-0.2, -0.15) is 0 Å². The van der Waals surface area contributed by atoms with Crippen molar-refractivity contribution in [3.05, 3.63) is 0 Å². The van der Waals surface area contributed by atoms with Crippen LogP contribution in [-0.2, 0) is 4.79 Å². The number of likely N-dealkylation sites (tertiary alicyclic amines) is 1. The highest BCUT2D eigenvalue weighted by atomic mass is 16.4. The van der Waals surface area contributed by atoms with Crippen LogP contribution in [0.5, 0.6) is 0 Å². The first-order valence-corrected chi connectivity index (χ1v) is 5.40. The van der Waals surface area contributed by atoms with Gasteiger partial charge in [0.1, 0.15) is 0 Å². The average Bonchev–Trinajstić information content (AvgIpc) is 2.59. The third kappa shape index (κ3) is 5.11. The van der Waals surface area contributed by atoms with Crippen molar-refractivity contribution in [3.8, 4) is 0 Å². The quantitative estimate of drug-likeness (QED) is 0.613. The molecule has 0 aromatic heterocycles. The number of hydrogen-bond donors (Lipinski definition) is 2. The number of carboxylic acids is 1. The predicted octanol–water partition coefficient (Wildman–Crippen LogP) is -0.703. The minimum absolute atomic E-state index is 0.0756. The summed E-state index contributed by atoms with van der Waals surface area (Å²) in [6, 6.07) is 0.350. The number of carboxylic acid groups (broad SMARTS) is 1. The smallest absolute Gasteiger partial charge is 0.317 e. The van der Waals surface area contributed by atoms with E-state index in [1.807, 2.05) is 0 Å². The number of rotatable bonds is 6. The van der Waals surface area contributed by atoms with Crippen LogP contribution in [0.2, 0.25) is 0 Å². The van der Waals surface area contributed by atoms with Crippen LogP contribution in [0.1, 0.15) is 6.42 Å². The Kier molecular flexibility index (Phi) is 5.01. The van der Waals surface area contributed by atoms with Crippen molar-refractivity contribution in [2.45, 2.75) is 12.5 Å². The molecule has 1 atom stereocenters. The van der Waals surface area contributed by atoms with Gasteiger partial charge in [0.25, 0.3) is 0 Å². The standard InChI is InChI=1S/C10H21N3O2/c1-12(2)5-6-13-4-3-9(8-13)11-7-10(14)15/h9,11H,3-8H2,1-2H3,(H,14,15). The summed E-state index contributed by atoms with van der Waals surface area (Å²) in [7, 11) is 4.13. The minimum atomic E-state index is -0.776. The maximum Gasteiger partial charge on any atom is 0.317 e. The summed E-state index contributed by atoms with van der Waals surface area (Å²) in [5.74, 6) is -0.776. The number of hydrogen-bond acceptors (Lipinski definition) is 4. The molecule has 1 saturated heterocycles. The molecular formula is C10H21N3O2. The van der Waals surface area contributed by atoms with Gasteiger partial charge in [-0.1, -0.05) is 0 Å². The van der Waals surface area contributed by atoms with E-state index in [0.717, 1.165) is 32.6 Å². The Bertz CT molecular complexity index is 209. The van der Waals surface area contributed by atoms with Gasteiger partial charge in [0.05, 0.1) is 6.54 Å². The maximum atomic E-state index is 10.4. The molecule has 1 fully saturated rings. The normalized spacial score (nSPS) is 22.5. The molecule has 0 radical (unpaired) electrons. The van der Waals surface area contributed by atoms with Crippen LogP contribution in [0.25, 0.3) is 0 Å². The molecule has 5 heteroatoms. The van der Waals surface area contributed by atoms with Crippen molar-refractivity contribution in [2.24, 2.45) is 0 Å². The number of aliphatic carboxylic acids is 1. The number of carbonyl (C=O) groups is 1. The van der Waals surface area contributed by atoms with E-state index in [4.69, 9.17) is 5.11 Å². The monoisotopic (exact) mass is 215 g/mol. The molecule has 0 aliphatic carbocycles. The molecule has 2 N–H and O–H groups in total. The van der Waals surface area contributed by atoms with Crippen LogP contribution in [0.3, 0.4) is 0 Å². The Morgan fingerprint density at radius 2 is 2.33 bits per heavy atom. The zero-order valence-corrected chi connectivity index (χ0v) is 9.57. The molecule has 1 aliphatic rings. The first-order valence-electron chi connectivity index (χ1n) is 5.40. The molecule has 1 rings (SSSR count). The van der Waals surface area contributed by atoms with Gasteiger partial charge >= 0.3 is 5.97 Å². The summed E-state index contributed by atoms with van der Waals surface area (Å²) in [5.41, 5.74) is 0. The van der Waals surface area contributed by atoms with Gasteiger partial charge in [-0.15, -0.1) is 0 Å². The van der Waals surface area contributed by atoms with E-state index < -0.39 is 5.97 Å². The zero-order valence-electron chi connectivity index (χ0n) is 9.57. The molecule has 0 saturated carbocycles. The second kappa shape index (κ2) is 6.05. The van der Waals surface area contributed by atoms with Crippen LogP contribution < -0.4 is 5.32 Å². The Morgan fingerprint density at radius 3 is 2.93 bits per heavy atom. The van der Waals surface area contributed by atoms with Crippen LogP contribution in [0, 0.1) is 0 Å². The van der Waals surface area contributed by atoms with Crippen molar-refractivity contribution in [2.75, 3.05) is 46.8 Å². The minimum Gasteiger partial charge on any atom is -0.480 e. The molecule has 1 heterocycles. The van der Waals surface area contributed by atoms with Crippen molar-refractivity contribution in [1.82, 2.24) is 15.1 Å². The molecule has 0 aromatic rings. The highest BCUT2D eigenvalue weighted by Crippen LogP contribution is 2.08. The summed E-state index contributed by atoms with van der Waals surface area (Å²) in [5, 5.41) is 11.6. The van der Waals surface area contributed by atoms with Gasteiger partial charge in [-0.05, 0) is 27.1 Å². The molecular weight excluding hydrogens is 194 g/mol. The molecule has 5 nitrogen and oxygen atoms in total.